The van der Waals surface area contributed by atoms with Crippen molar-refractivity contribution in [1.82, 2.24) is 0 Å². The fourth-order valence-electron chi connectivity index (χ4n) is 1.68. The summed E-state index contributed by atoms with van der Waals surface area (Å²) in [5, 5.41) is 5.66. The number of para-hydroxylation sites is 1. The van der Waals surface area contributed by atoms with Crippen molar-refractivity contribution >= 4 is 22.0 Å². The van der Waals surface area contributed by atoms with E-state index in [0.717, 1.165) is 16.1 Å². The molecule has 3 rings (SSSR count). The molecule has 1 aromatic heterocycles. The van der Waals surface area contributed by atoms with Gasteiger partial charge in [0.2, 0.25) is 0 Å². The van der Waals surface area contributed by atoms with Gasteiger partial charge in [0.05, 0.1) is 6.85 Å². The molecule has 0 radical (unpaired) electrons. The van der Waals surface area contributed by atoms with Crippen LogP contribution in [0.5, 0.6) is 0 Å². The van der Waals surface area contributed by atoms with E-state index in [1.54, 1.807) is 0 Å². The van der Waals surface area contributed by atoms with Crippen LogP contribution < -0.4 is 5.32 Å². The van der Waals surface area contributed by atoms with Crippen LogP contribution in [-0.2, 0) is 0 Å². The van der Waals surface area contributed by atoms with Gasteiger partial charge in [-0.25, -0.2) is 0 Å². The van der Waals surface area contributed by atoms with Crippen LogP contribution in [0.2, 0.25) is 0 Å². The maximum absolute atomic E-state index is 7.98. The average Bonchev–Trinajstić information content (AvgIpc) is 3.04. The Morgan fingerprint density at radius 2 is 1.72 bits per heavy atom. The topological polar surface area (TPSA) is 12.0 Å². The average molecular weight is 256 g/mol. The molecule has 0 bridgehead atoms. The minimum absolute atomic E-state index is 0.0932. The van der Waals surface area contributed by atoms with Gasteiger partial charge in [0.15, 0.2) is 0 Å². The van der Waals surface area contributed by atoms with E-state index in [4.69, 9.17) is 6.85 Å². The predicted molar refractivity (Wildman–Crippen MR) is 79.5 cm³/mol. The normalized spacial score (nSPS) is 14.1. The van der Waals surface area contributed by atoms with E-state index in [0.29, 0.717) is 0 Å². The molecule has 2 aromatic carbocycles. The van der Waals surface area contributed by atoms with Gasteiger partial charge < -0.3 is 5.32 Å². The van der Waals surface area contributed by atoms with Crippen molar-refractivity contribution in [2.24, 2.45) is 0 Å². The molecule has 0 fully saturated rings. The zero-order valence-corrected chi connectivity index (χ0v) is 10.3. The summed E-state index contributed by atoms with van der Waals surface area (Å²) in [4.78, 5) is 0. The lowest BCUT2D eigenvalue weighted by molar-refractivity contribution is 1.59. The van der Waals surface area contributed by atoms with Crippen molar-refractivity contribution in [3.63, 3.8) is 0 Å². The summed E-state index contributed by atoms with van der Waals surface area (Å²) in [6.07, 6.45) is 0. The molecular weight excluding hydrogens is 238 g/mol. The van der Waals surface area contributed by atoms with Gasteiger partial charge in [-0.1, -0.05) is 48.5 Å². The van der Waals surface area contributed by atoms with Gasteiger partial charge in [0.25, 0.3) is 0 Å². The molecule has 3 aromatic rings. The molecule has 0 amide bonds. The second-order valence-corrected chi connectivity index (χ2v) is 4.57. The quantitative estimate of drug-likeness (QED) is 0.682. The molecule has 1 heterocycles. The van der Waals surface area contributed by atoms with E-state index >= 15 is 0 Å². The van der Waals surface area contributed by atoms with Gasteiger partial charge in [-0.05, 0) is 29.1 Å². The highest BCUT2D eigenvalue weighted by Crippen LogP contribution is 2.34. The summed E-state index contributed by atoms with van der Waals surface area (Å²) in [5.74, 6) is 0. The first-order chi connectivity index (χ1) is 11.0. The van der Waals surface area contributed by atoms with E-state index in [-0.39, 0.29) is 35.9 Å². The van der Waals surface area contributed by atoms with Gasteiger partial charge in [0.1, 0.15) is 5.00 Å². The largest absolute Gasteiger partial charge is 0.347 e. The molecule has 0 atom stereocenters. The van der Waals surface area contributed by atoms with E-state index in [9.17, 15) is 0 Å². The van der Waals surface area contributed by atoms with Crippen LogP contribution in [0, 0.1) is 0 Å². The molecule has 0 aliphatic carbocycles. The van der Waals surface area contributed by atoms with E-state index in [2.05, 4.69) is 5.32 Å². The maximum atomic E-state index is 7.98. The van der Waals surface area contributed by atoms with Crippen molar-refractivity contribution in [3.05, 3.63) is 72.0 Å². The van der Waals surface area contributed by atoms with Crippen LogP contribution in [0.3, 0.4) is 0 Å². The van der Waals surface area contributed by atoms with Crippen molar-refractivity contribution in [3.8, 4) is 11.1 Å². The summed E-state index contributed by atoms with van der Waals surface area (Å²) in [7, 11) is 0. The summed E-state index contributed by atoms with van der Waals surface area (Å²) in [5.41, 5.74) is 2.03. The Morgan fingerprint density at radius 1 is 0.944 bits per heavy atom. The number of hydrogen-bond acceptors (Lipinski definition) is 2. The molecule has 0 spiro atoms. The molecule has 0 unspecified atom stereocenters. The molecule has 0 saturated heterocycles. The van der Waals surface area contributed by atoms with Crippen molar-refractivity contribution in [2.75, 3.05) is 5.32 Å². The van der Waals surface area contributed by atoms with Gasteiger partial charge in [-0.15, -0.1) is 11.3 Å². The standard InChI is InChI=1S/C16H13NS/c1-3-7-13(8-4-1)15-11-12-18-16(15)17-14-9-5-2-6-10-14/h1-12,17H/i2D,5D,6D,9D,10D. The lowest BCUT2D eigenvalue weighted by Gasteiger charge is -2.07. The molecule has 0 aliphatic rings. The maximum Gasteiger partial charge on any atom is 0.101 e. The third-order valence-corrected chi connectivity index (χ3v) is 3.32. The highest BCUT2D eigenvalue weighted by Gasteiger charge is 2.06. The van der Waals surface area contributed by atoms with Gasteiger partial charge in [-0.2, -0.15) is 0 Å². The minimum atomic E-state index is -0.389. The first-order valence-electron chi connectivity index (χ1n) is 7.97. The number of thiophene rings is 1. The molecule has 1 nitrogen and oxygen atoms in total. The van der Waals surface area contributed by atoms with Crippen LogP contribution in [0.1, 0.15) is 6.85 Å². The summed E-state index contributed by atoms with van der Waals surface area (Å²) in [6, 6.07) is 10.1. The number of rotatable bonds is 3. The fraction of sp³-hybridized carbons (Fsp3) is 0. The van der Waals surface area contributed by atoms with Crippen LogP contribution in [0.4, 0.5) is 10.7 Å². The molecular formula is C16H13NS. The SMILES string of the molecule is [2H]c1c([2H])c([2H])c(Nc2sccc2-c2ccccc2)c([2H])c1[2H]. The Hall–Kier alpha value is -2.06. The second kappa shape index (κ2) is 5.07. The second-order valence-electron chi connectivity index (χ2n) is 3.65. The van der Waals surface area contributed by atoms with Gasteiger partial charge in [-0.3, -0.25) is 0 Å². The number of benzene rings is 2. The molecule has 1 N–H and O–H groups in total. The Kier molecular flexibility index (Phi) is 1.90. The van der Waals surface area contributed by atoms with Crippen molar-refractivity contribution in [2.45, 2.75) is 0 Å². The third kappa shape index (κ3) is 2.29. The molecule has 0 aliphatic heterocycles. The lowest BCUT2D eigenvalue weighted by atomic mass is 10.1. The van der Waals surface area contributed by atoms with Crippen molar-refractivity contribution in [1.29, 1.82) is 0 Å². The fourth-order valence-corrected chi connectivity index (χ4v) is 2.49. The monoisotopic (exact) mass is 256 g/mol. The molecule has 0 saturated carbocycles. The number of hydrogen-bond donors (Lipinski definition) is 1. The highest BCUT2D eigenvalue weighted by molar-refractivity contribution is 7.14. The Balaban J connectivity index is 2.07. The van der Waals surface area contributed by atoms with Crippen LogP contribution in [0.25, 0.3) is 11.1 Å². The molecule has 88 valence electrons. The summed E-state index contributed by atoms with van der Waals surface area (Å²) in [6.45, 7) is 0. The van der Waals surface area contributed by atoms with E-state index < -0.39 is 0 Å². The summed E-state index contributed by atoms with van der Waals surface area (Å²) < 4.78 is 39.1. The first-order valence-corrected chi connectivity index (χ1v) is 6.35. The third-order valence-electron chi connectivity index (χ3n) is 2.49. The van der Waals surface area contributed by atoms with E-state index in [1.807, 2.05) is 41.8 Å². The predicted octanol–water partition coefficient (Wildman–Crippen LogP) is 5.16. The van der Waals surface area contributed by atoms with Crippen LogP contribution >= 0.6 is 11.3 Å². The lowest BCUT2D eigenvalue weighted by Crippen LogP contribution is -1.88. The smallest absolute Gasteiger partial charge is 0.101 e. The van der Waals surface area contributed by atoms with Crippen LogP contribution in [-0.4, -0.2) is 0 Å². The number of nitrogens with one attached hydrogen (secondary N) is 1. The van der Waals surface area contributed by atoms with Gasteiger partial charge in [0, 0.05) is 11.3 Å². The number of anilines is 2. The zero-order valence-electron chi connectivity index (χ0n) is 14.4. The van der Waals surface area contributed by atoms with Crippen molar-refractivity contribution < 1.29 is 6.85 Å². The van der Waals surface area contributed by atoms with Crippen LogP contribution in [0.15, 0.2) is 72.0 Å². The zero-order chi connectivity index (χ0) is 16.6. The Morgan fingerprint density at radius 3 is 2.50 bits per heavy atom. The molecule has 18 heavy (non-hydrogen) atoms. The van der Waals surface area contributed by atoms with Gasteiger partial charge >= 0.3 is 0 Å². The first kappa shape index (κ1) is 6.76. The van der Waals surface area contributed by atoms with E-state index in [1.165, 1.54) is 11.3 Å². The summed E-state index contributed by atoms with van der Waals surface area (Å²) >= 11 is 1.43. The minimum Gasteiger partial charge on any atom is -0.347 e. The Labute approximate surface area is 118 Å². The highest BCUT2D eigenvalue weighted by atomic mass is 32.1. The Bertz CT molecular complexity index is 831. The molecule has 2 heteroatoms.